The molecule has 0 aromatic heterocycles. The average molecular weight is 554 g/mol. The van der Waals surface area contributed by atoms with Gasteiger partial charge in [0.2, 0.25) is 0 Å². The van der Waals surface area contributed by atoms with Gasteiger partial charge < -0.3 is 4.74 Å². The van der Waals surface area contributed by atoms with Crippen LogP contribution in [0.5, 0.6) is 5.75 Å². The van der Waals surface area contributed by atoms with Crippen LogP contribution >= 0.6 is 79.0 Å². The van der Waals surface area contributed by atoms with E-state index in [1.54, 1.807) is 31.4 Å². The topological polar surface area (TPSA) is 29.5 Å². The Morgan fingerprint density at radius 3 is 2.58 bits per heavy atom. The molecule has 0 spiro atoms. The quantitative estimate of drug-likeness (QED) is 0.304. The second-order valence-corrected chi connectivity index (χ2v) is 9.39. The monoisotopic (exact) mass is 551 g/mol. The summed E-state index contributed by atoms with van der Waals surface area (Å²) in [6.45, 7) is 0. The lowest BCUT2D eigenvalue weighted by Crippen LogP contribution is -2.27. The summed E-state index contributed by atoms with van der Waals surface area (Å²) >= 11 is 25.5. The number of ether oxygens (including phenoxy) is 1. The molecular formula is C17H9Br2Cl2NO2S2. The van der Waals surface area contributed by atoms with E-state index in [0.717, 1.165) is 14.5 Å². The van der Waals surface area contributed by atoms with E-state index in [2.05, 4.69) is 31.9 Å². The molecule has 0 radical (unpaired) electrons. The highest BCUT2D eigenvalue weighted by Crippen LogP contribution is 2.40. The number of thiocarbonyl (C=S) groups is 1. The third-order valence-corrected chi connectivity index (χ3v) is 6.57. The zero-order valence-corrected chi connectivity index (χ0v) is 19.4. The highest BCUT2D eigenvalue weighted by atomic mass is 79.9. The number of carbonyl (C=O) groups excluding carboxylic acids is 1. The fraction of sp³-hybridized carbons (Fsp3) is 0.0588. The van der Waals surface area contributed by atoms with Crippen LogP contribution in [-0.4, -0.2) is 17.3 Å². The predicted molar refractivity (Wildman–Crippen MR) is 121 cm³/mol. The molecular weight excluding hydrogens is 545 g/mol. The van der Waals surface area contributed by atoms with E-state index in [4.69, 9.17) is 40.2 Å². The summed E-state index contributed by atoms with van der Waals surface area (Å²) in [7, 11) is 1.58. The molecule has 1 fully saturated rings. The predicted octanol–water partition coefficient (Wildman–Crippen LogP) is 6.93. The van der Waals surface area contributed by atoms with Crippen molar-refractivity contribution in [1.82, 2.24) is 0 Å². The first kappa shape index (κ1) is 20.2. The van der Waals surface area contributed by atoms with Crippen LogP contribution < -0.4 is 9.64 Å². The minimum Gasteiger partial charge on any atom is -0.495 e. The summed E-state index contributed by atoms with van der Waals surface area (Å²) in [4.78, 5) is 14.8. The van der Waals surface area contributed by atoms with Crippen molar-refractivity contribution in [2.75, 3.05) is 12.0 Å². The number of anilines is 1. The van der Waals surface area contributed by atoms with Gasteiger partial charge in [-0.2, -0.15) is 0 Å². The van der Waals surface area contributed by atoms with E-state index in [1.165, 1.54) is 16.7 Å². The van der Waals surface area contributed by atoms with Gasteiger partial charge in [0.15, 0.2) is 4.32 Å². The first-order chi connectivity index (χ1) is 12.3. The number of carbonyl (C=O) groups is 1. The molecule has 1 heterocycles. The van der Waals surface area contributed by atoms with Crippen molar-refractivity contribution in [3.63, 3.8) is 0 Å². The van der Waals surface area contributed by atoms with E-state index in [1.807, 2.05) is 12.1 Å². The second-order valence-electron chi connectivity index (χ2n) is 5.13. The fourth-order valence-electron chi connectivity index (χ4n) is 2.36. The molecule has 0 bridgehead atoms. The van der Waals surface area contributed by atoms with Gasteiger partial charge in [-0.25, -0.2) is 0 Å². The van der Waals surface area contributed by atoms with Crippen molar-refractivity contribution in [2.45, 2.75) is 0 Å². The van der Waals surface area contributed by atoms with Crippen molar-refractivity contribution >= 4 is 101 Å². The minimum absolute atomic E-state index is 0.225. The lowest BCUT2D eigenvalue weighted by atomic mass is 10.2. The summed E-state index contributed by atoms with van der Waals surface area (Å²) in [6.07, 6.45) is 1.76. The molecule has 2 aromatic carbocycles. The zero-order chi connectivity index (χ0) is 19.0. The van der Waals surface area contributed by atoms with E-state index in [0.29, 0.717) is 30.7 Å². The van der Waals surface area contributed by atoms with Crippen LogP contribution in [0.15, 0.2) is 44.2 Å². The van der Waals surface area contributed by atoms with E-state index in [-0.39, 0.29) is 5.91 Å². The van der Waals surface area contributed by atoms with Gasteiger partial charge in [-0.3, -0.25) is 9.69 Å². The standard InChI is InChI=1S/C17H9Br2Cl2NO2S2/c1-24-15-8(4-9(18)6-11(15)19)5-14-16(23)22(17(25)26-14)10-2-3-12(20)13(21)7-10/h2-7H,1H3/b14-5-. The van der Waals surface area contributed by atoms with Gasteiger partial charge in [0.25, 0.3) is 5.91 Å². The molecule has 3 rings (SSSR count). The number of hydrogen-bond donors (Lipinski definition) is 0. The van der Waals surface area contributed by atoms with Crippen LogP contribution in [0, 0.1) is 0 Å². The molecule has 0 N–H and O–H groups in total. The molecule has 1 aliphatic rings. The second kappa shape index (κ2) is 8.20. The first-order valence-corrected chi connectivity index (χ1v) is 10.6. The highest BCUT2D eigenvalue weighted by Gasteiger charge is 2.33. The van der Waals surface area contributed by atoms with Crippen molar-refractivity contribution in [3.05, 3.63) is 59.8 Å². The molecule has 0 saturated carbocycles. The van der Waals surface area contributed by atoms with Crippen molar-refractivity contribution in [3.8, 4) is 5.75 Å². The van der Waals surface area contributed by atoms with E-state index >= 15 is 0 Å². The molecule has 0 unspecified atom stereocenters. The fourth-order valence-corrected chi connectivity index (χ4v) is 5.36. The third kappa shape index (κ3) is 3.98. The number of thioether (sulfide) groups is 1. The van der Waals surface area contributed by atoms with Gasteiger partial charge in [-0.15, -0.1) is 0 Å². The largest absolute Gasteiger partial charge is 0.495 e. The summed E-state index contributed by atoms with van der Waals surface area (Å²) in [5.74, 6) is 0.407. The van der Waals surface area contributed by atoms with Gasteiger partial charge in [-0.05, 0) is 52.3 Å². The van der Waals surface area contributed by atoms with Crippen molar-refractivity contribution in [1.29, 1.82) is 0 Å². The molecule has 9 heteroatoms. The lowest BCUT2D eigenvalue weighted by Gasteiger charge is -2.15. The molecule has 134 valence electrons. The molecule has 2 aromatic rings. The van der Waals surface area contributed by atoms with Crippen LogP contribution in [0.3, 0.4) is 0 Å². The Bertz CT molecular complexity index is 966. The number of halogens is 4. The maximum absolute atomic E-state index is 12.9. The number of hydrogen-bond acceptors (Lipinski definition) is 4. The maximum atomic E-state index is 12.9. The van der Waals surface area contributed by atoms with Crippen molar-refractivity contribution < 1.29 is 9.53 Å². The van der Waals surface area contributed by atoms with Crippen LogP contribution in [0.2, 0.25) is 10.0 Å². The van der Waals surface area contributed by atoms with Gasteiger partial charge in [0.1, 0.15) is 5.75 Å². The Hall–Kier alpha value is -0.570. The Morgan fingerprint density at radius 2 is 1.92 bits per heavy atom. The van der Waals surface area contributed by atoms with Crippen LogP contribution in [0.1, 0.15) is 5.56 Å². The summed E-state index contributed by atoms with van der Waals surface area (Å²) in [5.41, 5.74) is 1.33. The molecule has 1 amide bonds. The SMILES string of the molecule is COc1c(Br)cc(Br)cc1/C=C1\SC(=S)N(c2ccc(Cl)c(Cl)c2)C1=O. The average Bonchev–Trinajstić information content (AvgIpc) is 2.84. The first-order valence-electron chi connectivity index (χ1n) is 7.08. The Labute approximate surface area is 186 Å². The molecule has 1 saturated heterocycles. The summed E-state index contributed by atoms with van der Waals surface area (Å²) in [6, 6.07) is 8.70. The summed E-state index contributed by atoms with van der Waals surface area (Å²) < 4.78 is 7.49. The van der Waals surface area contributed by atoms with Gasteiger partial charge in [0, 0.05) is 10.0 Å². The smallest absolute Gasteiger partial charge is 0.270 e. The summed E-state index contributed by atoms with van der Waals surface area (Å²) in [5, 5.41) is 0.778. The number of amides is 1. The molecule has 3 nitrogen and oxygen atoms in total. The van der Waals surface area contributed by atoms with Gasteiger partial charge >= 0.3 is 0 Å². The van der Waals surface area contributed by atoms with E-state index in [9.17, 15) is 4.79 Å². The molecule has 26 heavy (non-hydrogen) atoms. The lowest BCUT2D eigenvalue weighted by molar-refractivity contribution is -0.113. The number of methoxy groups -OCH3 is 1. The number of rotatable bonds is 3. The Balaban J connectivity index is 2.01. The minimum atomic E-state index is -0.225. The maximum Gasteiger partial charge on any atom is 0.270 e. The van der Waals surface area contributed by atoms with Crippen molar-refractivity contribution in [2.24, 2.45) is 0 Å². The van der Waals surface area contributed by atoms with Crippen LogP contribution in [0.25, 0.3) is 6.08 Å². The molecule has 0 aliphatic carbocycles. The highest BCUT2D eigenvalue weighted by molar-refractivity contribution is 9.11. The normalized spacial score (nSPS) is 15.9. The number of nitrogens with zero attached hydrogens (tertiary/aromatic N) is 1. The number of benzene rings is 2. The van der Waals surface area contributed by atoms with Crippen LogP contribution in [0.4, 0.5) is 5.69 Å². The zero-order valence-electron chi connectivity index (χ0n) is 13.1. The van der Waals surface area contributed by atoms with Gasteiger partial charge in [-0.1, -0.05) is 63.1 Å². The van der Waals surface area contributed by atoms with E-state index < -0.39 is 0 Å². The van der Waals surface area contributed by atoms with Gasteiger partial charge in [0.05, 0.1) is 32.2 Å². The Morgan fingerprint density at radius 1 is 1.19 bits per heavy atom. The van der Waals surface area contributed by atoms with Crippen LogP contribution in [-0.2, 0) is 4.79 Å². The Kier molecular flexibility index (Phi) is 6.37. The molecule has 1 aliphatic heterocycles. The third-order valence-electron chi connectivity index (χ3n) is 3.48. The molecule has 0 atom stereocenters.